The SMILES string of the molecule is CCNc1cncc(Oc2ccc(Br)c(F)c2)n1. The van der Waals surface area contributed by atoms with Crippen molar-refractivity contribution in [2.45, 2.75) is 6.92 Å². The lowest BCUT2D eigenvalue weighted by Gasteiger charge is -2.07. The highest BCUT2D eigenvalue weighted by atomic mass is 79.9. The highest BCUT2D eigenvalue weighted by molar-refractivity contribution is 9.10. The molecule has 94 valence electrons. The lowest BCUT2D eigenvalue weighted by molar-refractivity contribution is 0.455. The first-order valence-electron chi connectivity index (χ1n) is 5.38. The molecule has 2 rings (SSSR count). The number of halogens is 2. The summed E-state index contributed by atoms with van der Waals surface area (Å²) in [4.78, 5) is 8.17. The number of ether oxygens (including phenoxy) is 1. The van der Waals surface area contributed by atoms with E-state index in [1.165, 1.54) is 12.3 Å². The quantitative estimate of drug-likeness (QED) is 0.937. The van der Waals surface area contributed by atoms with Crippen LogP contribution < -0.4 is 10.1 Å². The summed E-state index contributed by atoms with van der Waals surface area (Å²) in [6.45, 7) is 2.70. The normalized spacial score (nSPS) is 10.2. The Hall–Kier alpha value is -1.69. The third kappa shape index (κ3) is 3.16. The Morgan fingerprint density at radius 2 is 2.22 bits per heavy atom. The molecule has 4 nitrogen and oxygen atoms in total. The second-order valence-electron chi connectivity index (χ2n) is 3.45. The van der Waals surface area contributed by atoms with Crippen molar-refractivity contribution in [3.8, 4) is 11.6 Å². The fraction of sp³-hybridized carbons (Fsp3) is 0.167. The standard InChI is InChI=1S/C12H11BrFN3O/c1-2-16-11-6-15-7-12(17-11)18-8-3-4-9(13)10(14)5-8/h3-7H,2H2,1H3,(H,16,17). The van der Waals surface area contributed by atoms with Gasteiger partial charge in [0.2, 0.25) is 5.88 Å². The second-order valence-corrected chi connectivity index (χ2v) is 4.31. The predicted molar refractivity (Wildman–Crippen MR) is 70.4 cm³/mol. The smallest absolute Gasteiger partial charge is 0.239 e. The predicted octanol–water partition coefficient (Wildman–Crippen LogP) is 3.60. The van der Waals surface area contributed by atoms with E-state index in [1.54, 1.807) is 18.3 Å². The maximum absolute atomic E-state index is 13.3. The molecule has 0 bridgehead atoms. The number of aromatic nitrogens is 2. The number of benzene rings is 1. The first kappa shape index (κ1) is 12.8. The van der Waals surface area contributed by atoms with E-state index in [9.17, 15) is 4.39 Å². The molecule has 0 aliphatic heterocycles. The maximum Gasteiger partial charge on any atom is 0.239 e. The average Bonchev–Trinajstić information content (AvgIpc) is 2.35. The number of hydrogen-bond donors (Lipinski definition) is 1. The van der Waals surface area contributed by atoms with Gasteiger partial charge in [0.25, 0.3) is 0 Å². The van der Waals surface area contributed by atoms with E-state index in [0.717, 1.165) is 6.54 Å². The van der Waals surface area contributed by atoms with Crippen molar-refractivity contribution < 1.29 is 9.13 Å². The molecule has 2 aromatic rings. The lowest BCUT2D eigenvalue weighted by atomic mass is 10.3. The van der Waals surface area contributed by atoms with E-state index in [2.05, 4.69) is 31.2 Å². The molecule has 1 heterocycles. The van der Waals surface area contributed by atoms with E-state index in [1.807, 2.05) is 6.92 Å². The molecule has 0 spiro atoms. The van der Waals surface area contributed by atoms with E-state index < -0.39 is 0 Å². The van der Waals surface area contributed by atoms with Gasteiger partial charge in [0, 0.05) is 12.6 Å². The van der Waals surface area contributed by atoms with Crippen LogP contribution in [0.3, 0.4) is 0 Å². The van der Waals surface area contributed by atoms with Crippen molar-refractivity contribution in [3.05, 3.63) is 40.9 Å². The molecular formula is C12H11BrFN3O. The molecule has 1 N–H and O–H groups in total. The van der Waals surface area contributed by atoms with Crippen molar-refractivity contribution in [1.82, 2.24) is 9.97 Å². The van der Waals surface area contributed by atoms with Gasteiger partial charge >= 0.3 is 0 Å². The van der Waals surface area contributed by atoms with Crippen molar-refractivity contribution >= 4 is 21.7 Å². The number of nitrogens with zero attached hydrogens (tertiary/aromatic N) is 2. The van der Waals surface area contributed by atoms with Crippen molar-refractivity contribution in [2.24, 2.45) is 0 Å². The van der Waals surface area contributed by atoms with Crippen LogP contribution in [-0.4, -0.2) is 16.5 Å². The summed E-state index contributed by atoms with van der Waals surface area (Å²) < 4.78 is 19.1. The van der Waals surface area contributed by atoms with Gasteiger partial charge in [-0.25, -0.2) is 4.39 Å². The zero-order valence-corrected chi connectivity index (χ0v) is 11.2. The Morgan fingerprint density at radius 1 is 1.39 bits per heavy atom. The Kier molecular flexibility index (Phi) is 4.09. The minimum Gasteiger partial charge on any atom is -0.437 e. The van der Waals surface area contributed by atoms with Crippen LogP contribution in [0.5, 0.6) is 11.6 Å². The Bertz CT molecular complexity index is 551. The fourth-order valence-electron chi connectivity index (χ4n) is 1.32. The van der Waals surface area contributed by atoms with E-state index in [-0.39, 0.29) is 5.82 Å². The highest BCUT2D eigenvalue weighted by Crippen LogP contribution is 2.24. The fourth-order valence-corrected chi connectivity index (χ4v) is 1.57. The Labute approximate surface area is 112 Å². The molecule has 0 aliphatic carbocycles. The molecule has 0 atom stereocenters. The first-order valence-corrected chi connectivity index (χ1v) is 6.17. The molecule has 1 aromatic heterocycles. The summed E-state index contributed by atoms with van der Waals surface area (Å²) in [5, 5.41) is 3.02. The first-order chi connectivity index (χ1) is 8.69. The maximum atomic E-state index is 13.3. The van der Waals surface area contributed by atoms with Crippen LogP contribution >= 0.6 is 15.9 Å². The van der Waals surface area contributed by atoms with Gasteiger partial charge in [0.05, 0.1) is 16.9 Å². The Balaban J connectivity index is 2.17. The number of hydrogen-bond acceptors (Lipinski definition) is 4. The van der Waals surface area contributed by atoms with E-state index >= 15 is 0 Å². The summed E-state index contributed by atoms with van der Waals surface area (Å²) in [6.07, 6.45) is 3.07. The molecule has 0 unspecified atom stereocenters. The lowest BCUT2D eigenvalue weighted by Crippen LogP contribution is -2.00. The average molecular weight is 312 g/mol. The topological polar surface area (TPSA) is 47.0 Å². The van der Waals surface area contributed by atoms with Crippen LogP contribution in [0.15, 0.2) is 35.1 Å². The van der Waals surface area contributed by atoms with Gasteiger partial charge in [-0.05, 0) is 35.0 Å². The molecule has 0 amide bonds. The molecule has 0 aliphatic rings. The molecule has 1 aromatic carbocycles. The van der Waals surface area contributed by atoms with Gasteiger partial charge in [0.1, 0.15) is 17.4 Å². The summed E-state index contributed by atoms with van der Waals surface area (Å²) >= 11 is 3.08. The van der Waals surface area contributed by atoms with Gasteiger partial charge in [-0.2, -0.15) is 4.98 Å². The van der Waals surface area contributed by atoms with Crippen LogP contribution in [0.2, 0.25) is 0 Å². The van der Waals surface area contributed by atoms with Gasteiger partial charge < -0.3 is 10.1 Å². The molecule has 0 radical (unpaired) electrons. The van der Waals surface area contributed by atoms with Crippen LogP contribution in [0.4, 0.5) is 10.2 Å². The zero-order valence-electron chi connectivity index (χ0n) is 9.65. The summed E-state index contributed by atoms with van der Waals surface area (Å²) in [7, 11) is 0. The van der Waals surface area contributed by atoms with Crippen molar-refractivity contribution in [3.63, 3.8) is 0 Å². The summed E-state index contributed by atoms with van der Waals surface area (Å²) in [5.41, 5.74) is 0. The monoisotopic (exact) mass is 311 g/mol. The van der Waals surface area contributed by atoms with Crippen LogP contribution in [0.25, 0.3) is 0 Å². The van der Waals surface area contributed by atoms with Gasteiger partial charge in [0.15, 0.2) is 0 Å². The minimum absolute atomic E-state index is 0.315. The third-order valence-corrected chi connectivity index (χ3v) is 2.73. The third-order valence-electron chi connectivity index (χ3n) is 2.08. The van der Waals surface area contributed by atoms with E-state index in [4.69, 9.17) is 4.74 Å². The molecule has 0 saturated heterocycles. The molecular weight excluding hydrogens is 301 g/mol. The molecule has 0 saturated carbocycles. The summed E-state index contributed by atoms with van der Waals surface area (Å²) in [5.74, 6) is 0.921. The van der Waals surface area contributed by atoms with Crippen molar-refractivity contribution in [1.29, 1.82) is 0 Å². The second kappa shape index (κ2) is 5.77. The zero-order chi connectivity index (χ0) is 13.0. The summed E-state index contributed by atoms with van der Waals surface area (Å²) in [6, 6.07) is 4.51. The van der Waals surface area contributed by atoms with Crippen LogP contribution in [0, 0.1) is 5.82 Å². The van der Waals surface area contributed by atoms with Gasteiger partial charge in [-0.15, -0.1) is 0 Å². The number of rotatable bonds is 4. The Morgan fingerprint density at radius 3 is 2.94 bits per heavy atom. The van der Waals surface area contributed by atoms with Gasteiger partial charge in [-0.3, -0.25) is 4.98 Å². The van der Waals surface area contributed by atoms with Gasteiger partial charge in [-0.1, -0.05) is 0 Å². The molecule has 0 fully saturated rings. The molecule has 6 heteroatoms. The highest BCUT2D eigenvalue weighted by Gasteiger charge is 2.04. The largest absolute Gasteiger partial charge is 0.437 e. The van der Waals surface area contributed by atoms with Crippen LogP contribution in [0.1, 0.15) is 6.92 Å². The number of anilines is 1. The number of nitrogens with one attached hydrogen (secondary N) is 1. The minimum atomic E-state index is -0.386. The van der Waals surface area contributed by atoms with Crippen LogP contribution in [-0.2, 0) is 0 Å². The van der Waals surface area contributed by atoms with E-state index in [0.29, 0.717) is 21.9 Å². The van der Waals surface area contributed by atoms with Crippen molar-refractivity contribution in [2.75, 3.05) is 11.9 Å². The molecule has 18 heavy (non-hydrogen) atoms.